The fraction of sp³-hybridized carbons (Fsp3) is 0.400. The molecule has 0 radical (unpaired) electrons. The number of hydrogen-bond donors (Lipinski definition) is 2. The van der Waals surface area contributed by atoms with Crippen LogP contribution in [0.15, 0.2) is 30.7 Å². The Kier molecular flexibility index (Phi) is 6.68. The van der Waals surface area contributed by atoms with E-state index in [-0.39, 0.29) is 24.2 Å². The van der Waals surface area contributed by atoms with Crippen LogP contribution in [0.3, 0.4) is 0 Å². The highest BCUT2D eigenvalue weighted by Gasteiger charge is 2.24. The van der Waals surface area contributed by atoms with Gasteiger partial charge < -0.3 is 24.7 Å². The Hall–Kier alpha value is -3.40. The second-order valence-corrected chi connectivity index (χ2v) is 6.95. The summed E-state index contributed by atoms with van der Waals surface area (Å²) in [4.78, 5) is 29.0. The molecule has 10 heteroatoms. The van der Waals surface area contributed by atoms with Crippen LogP contribution in [-0.2, 0) is 27.9 Å². The van der Waals surface area contributed by atoms with Crippen molar-refractivity contribution in [2.75, 3.05) is 31.5 Å². The number of hydrogen-bond acceptors (Lipinski definition) is 7. The Morgan fingerprint density at radius 2 is 2.10 bits per heavy atom. The van der Waals surface area contributed by atoms with Gasteiger partial charge in [-0.2, -0.15) is 5.10 Å². The van der Waals surface area contributed by atoms with Crippen LogP contribution < -0.4 is 10.6 Å². The Labute approximate surface area is 174 Å². The van der Waals surface area contributed by atoms with Gasteiger partial charge in [-0.1, -0.05) is 0 Å². The molecule has 160 valence electrons. The van der Waals surface area contributed by atoms with E-state index in [9.17, 15) is 9.59 Å². The molecule has 3 heterocycles. The molecule has 3 rings (SSSR count). The number of anilines is 2. The average molecular weight is 414 g/mol. The normalized spacial score (nSPS) is 12.0. The van der Waals surface area contributed by atoms with Crippen molar-refractivity contribution >= 4 is 34.3 Å². The van der Waals surface area contributed by atoms with Crippen LogP contribution in [0.1, 0.15) is 23.8 Å². The molecule has 0 unspecified atom stereocenters. The first kappa shape index (κ1) is 21.3. The van der Waals surface area contributed by atoms with Crippen molar-refractivity contribution in [1.29, 1.82) is 0 Å². The van der Waals surface area contributed by atoms with Crippen LogP contribution in [0.4, 0.5) is 11.4 Å². The number of esters is 1. The molecule has 0 bridgehead atoms. The summed E-state index contributed by atoms with van der Waals surface area (Å²) in [7, 11) is 4.42. The number of aryl methyl sites for hydroxylation is 2. The number of fused-ring (bicyclic) bond motifs is 1. The van der Waals surface area contributed by atoms with Crippen LogP contribution in [0.5, 0.6) is 0 Å². The smallest absolute Gasteiger partial charge is 0.356 e. The van der Waals surface area contributed by atoms with Crippen molar-refractivity contribution in [2.45, 2.75) is 25.9 Å². The molecule has 0 aliphatic rings. The summed E-state index contributed by atoms with van der Waals surface area (Å²) in [6.07, 6.45) is 6.24. The summed E-state index contributed by atoms with van der Waals surface area (Å²) < 4.78 is 13.3. The zero-order valence-electron chi connectivity index (χ0n) is 17.5. The van der Waals surface area contributed by atoms with E-state index < -0.39 is 5.97 Å². The van der Waals surface area contributed by atoms with E-state index in [1.54, 1.807) is 24.0 Å². The fourth-order valence-electron chi connectivity index (χ4n) is 3.27. The molecule has 0 aromatic carbocycles. The van der Waals surface area contributed by atoms with Gasteiger partial charge in [0.2, 0.25) is 5.91 Å². The van der Waals surface area contributed by atoms with Gasteiger partial charge in [-0.05, 0) is 25.5 Å². The van der Waals surface area contributed by atoms with Crippen molar-refractivity contribution in [3.63, 3.8) is 0 Å². The minimum absolute atomic E-state index is 0.132. The molecule has 3 aromatic rings. The van der Waals surface area contributed by atoms with Gasteiger partial charge in [0.25, 0.3) is 0 Å². The Morgan fingerprint density at radius 1 is 1.30 bits per heavy atom. The Morgan fingerprint density at radius 3 is 2.77 bits per heavy atom. The highest BCUT2D eigenvalue weighted by atomic mass is 16.5. The van der Waals surface area contributed by atoms with Crippen LogP contribution in [0.2, 0.25) is 0 Å². The van der Waals surface area contributed by atoms with Gasteiger partial charge in [-0.25, -0.2) is 9.78 Å². The lowest BCUT2D eigenvalue weighted by Crippen LogP contribution is -2.20. The van der Waals surface area contributed by atoms with E-state index in [1.807, 2.05) is 23.0 Å². The predicted octanol–water partition coefficient (Wildman–Crippen LogP) is 2.03. The van der Waals surface area contributed by atoms with Gasteiger partial charge in [0.15, 0.2) is 5.69 Å². The Balaban J connectivity index is 1.89. The van der Waals surface area contributed by atoms with E-state index in [4.69, 9.17) is 9.47 Å². The van der Waals surface area contributed by atoms with Gasteiger partial charge in [0, 0.05) is 44.5 Å². The summed E-state index contributed by atoms with van der Waals surface area (Å²) in [6, 6.07) is 3.91. The van der Waals surface area contributed by atoms with Gasteiger partial charge in [0.1, 0.15) is 12.3 Å². The molecule has 1 amide bonds. The van der Waals surface area contributed by atoms with E-state index in [0.717, 1.165) is 18.7 Å². The van der Waals surface area contributed by atoms with Gasteiger partial charge >= 0.3 is 5.97 Å². The van der Waals surface area contributed by atoms with Crippen molar-refractivity contribution < 1.29 is 19.1 Å². The number of methoxy groups -OCH3 is 2. The molecular weight excluding hydrogens is 388 g/mol. The van der Waals surface area contributed by atoms with E-state index >= 15 is 0 Å². The van der Waals surface area contributed by atoms with E-state index in [1.165, 1.54) is 14.2 Å². The largest absolute Gasteiger partial charge is 0.464 e. The summed E-state index contributed by atoms with van der Waals surface area (Å²) in [5.74, 6) is -0.938. The quantitative estimate of drug-likeness (QED) is 0.515. The van der Waals surface area contributed by atoms with Crippen LogP contribution >= 0.6 is 0 Å². The first-order chi connectivity index (χ1) is 14.4. The highest BCUT2D eigenvalue weighted by molar-refractivity contribution is 6.11. The monoisotopic (exact) mass is 414 g/mol. The maximum absolute atomic E-state index is 12.3. The first-order valence-electron chi connectivity index (χ1n) is 9.54. The number of ether oxygens (including phenoxy) is 2. The number of aromatic nitrogens is 4. The molecule has 0 fully saturated rings. The number of carbonyl (C=O) groups is 2. The third-order valence-corrected chi connectivity index (χ3v) is 4.71. The maximum atomic E-state index is 12.3. The third kappa shape index (κ3) is 4.60. The van der Waals surface area contributed by atoms with E-state index in [2.05, 4.69) is 27.6 Å². The predicted molar refractivity (Wildman–Crippen MR) is 112 cm³/mol. The fourth-order valence-corrected chi connectivity index (χ4v) is 3.27. The topological polar surface area (TPSA) is 112 Å². The minimum atomic E-state index is -0.565. The molecule has 30 heavy (non-hydrogen) atoms. The van der Waals surface area contributed by atoms with E-state index in [0.29, 0.717) is 16.7 Å². The standard InChI is InChI=1S/C20H26N6O4/c1-13(6-9-26-8-5-7-22-26)23-14-10-15-17(24-16(27)12-29-3)18(20(28)30-4)25(2)19(15)21-11-14/h5,7-8,10-11,13,23H,6,9,12H2,1-4H3,(H,24,27)/t13-/m1/s1. The molecule has 2 N–H and O–H groups in total. The molecular formula is C20H26N6O4. The molecule has 1 atom stereocenters. The molecule has 10 nitrogen and oxygen atoms in total. The molecule has 0 aliphatic heterocycles. The molecule has 0 saturated heterocycles. The van der Waals surface area contributed by atoms with Crippen molar-refractivity contribution in [1.82, 2.24) is 19.3 Å². The molecule has 0 spiro atoms. The SMILES string of the molecule is COCC(=O)Nc1c(C(=O)OC)n(C)c2ncc(N[C@H](C)CCn3cccn3)cc12. The van der Waals surface area contributed by atoms with Gasteiger partial charge in [-0.15, -0.1) is 0 Å². The van der Waals surface area contributed by atoms with Crippen LogP contribution in [0.25, 0.3) is 11.0 Å². The molecule has 3 aromatic heterocycles. The number of rotatable bonds is 9. The number of nitrogens with one attached hydrogen (secondary N) is 2. The molecule has 0 saturated carbocycles. The van der Waals surface area contributed by atoms with Crippen molar-refractivity contribution in [3.8, 4) is 0 Å². The van der Waals surface area contributed by atoms with Crippen LogP contribution in [-0.4, -0.2) is 58.1 Å². The minimum Gasteiger partial charge on any atom is -0.464 e. The summed E-state index contributed by atoms with van der Waals surface area (Å²) >= 11 is 0. The lowest BCUT2D eigenvalue weighted by molar-refractivity contribution is -0.119. The lowest BCUT2D eigenvalue weighted by atomic mass is 10.2. The number of pyridine rings is 1. The number of nitrogens with zero attached hydrogens (tertiary/aromatic N) is 4. The highest BCUT2D eigenvalue weighted by Crippen LogP contribution is 2.32. The van der Waals surface area contributed by atoms with Crippen molar-refractivity contribution in [2.24, 2.45) is 7.05 Å². The zero-order valence-corrected chi connectivity index (χ0v) is 17.5. The summed E-state index contributed by atoms with van der Waals surface area (Å²) in [5.41, 5.74) is 1.90. The second-order valence-electron chi connectivity index (χ2n) is 6.95. The zero-order chi connectivity index (χ0) is 21.7. The lowest BCUT2D eigenvalue weighted by Gasteiger charge is -2.15. The third-order valence-electron chi connectivity index (χ3n) is 4.71. The summed E-state index contributed by atoms with van der Waals surface area (Å²) in [6.45, 7) is 2.72. The van der Waals surface area contributed by atoms with Crippen LogP contribution in [0, 0.1) is 0 Å². The summed E-state index contributed by atoms with van der Waals surface area (Å²) in [5, 5.41) is 11.0. The van der Waals surface area contributed by atoms with Gasteiger partial charge in [-0.3, -0.25) is 9.48 Å². The number of amides is 1. The Bertz CT molecular complexity index is 1030. The first-order valence-corrected chi connectivity index (χ1v) is 9.54. The maximum Gasteiger partial charge on any atom is 0.356 e. The molecule has 0 aliphatic carbocycles. The second kappa shape index (κ2) is 9.40. The average Bonchev–Trinajstić information content (AvgIpc) is 3.33. The van der Waals surface area contributed by atoms with Gasteiger partial charge in [0.05, 0.1) is 24.7 Å². The van der Waals surface area contributed by atoms with Crippen molar-refractivity contribution in [3.05, 3.63) is 36.4 Å². The number of carbonyl (C=O) groups excluding carboxylic acids is 2.